The molecular weight excluding hydrogens is 517 g/mol. The third kappa shape index (κ3) is 5.32. The number of hydrogen-bond acceptors (Lipinski definition) is 4. The van der Waals surface area contributed by atoms with Crippen molar-refractivity contribution in [2.75, 3.05) is 11.4 Å². The van der Waals surface area contributed by atoms with Gasteiger partial charge in [-0.15, -0.1) is 0 Å². The van der Waals surface area contributed by atoms with Crippen LogP contribution in [-0.4, -0.2) is 34.4 Å². The van der Waals surface area contributed by atoms with Crippen LogP contribution in [0, 0.1) is 11.6 Å². The summed E-state index contributed by atoms with van der Waals surface area (Å²) in [5, 5.41) is 4.52. The minimum Gasteiger partial charge on any atom is -0.460 e. The van der Waals surface area contributed by atoms with Crippen LogP contribution in [0.25, 0.3) is 22.2 Å². The zero-order valence-electron chi connectivity index (χ0n) is 21.3. The molecule has 0 N–H and O–H groups in total. The fraction of sp³-hybridized carbons (Fsp3) is 0.310. The first kappa shape index (κ1) is 26.6. The predicted octanol–water partition coefficient (Wildman–Crippen LogP) is 6.97. The number of fused-ring (bicyclic) bond motifs is 1. The molecule has 0 saturated carbocycles. The number of hydrogen-bond donors (Lipinski definition) is 0. The van der Waals surface area contributed by atoms with E-state index in [1.807, 2.05) is 19.1 Å². The topological polar surface area (TPSA) is 47.4 Å². The molecule has 0 amide bonds. The summed E-state index contributed by atoms with van der Waals surface area (Å²) in [6.45, 7) is 3.94. The number of carbonyl (C=O) groups is 1. The number of piperidine rings is 1. The number of halogens is 5. The van der Waals surface area contributed by atoms with Crippen LogP contribution >= 0.6 is 0 Å². The number of carbonyl (C=O) groups excluding carboxylic acids is 1. The van der Waals surface area contributed by atoms with E-state index in [0.717, 1.165) is 43.3 Å². The third-order valence-corrected chi connectivity index (χ3v) is 7.12. The number of esters is 1. The Balaban J connectivity index is 1.57. The quantitative estimate of drug-likeness (QED) is 0.202. The second kappa shape index (κ2) is 10.3. The monoisotopic (exact) mass is 543 g/mol. The predicted molar refractivity (Wildman–Crippen MR) is 137 cm³/mol. The molecule has 3 aromatic carbocycles. The van der Waals surface area contributed by atoms with Crippen molar-refractivity contribution in [1.29, 1.82) is 0 Å². The van der Waals surface area contributed by atoms with Crippen molar-refractivity contribution >= 4 is 22.6 Å². The van der Waals surface area contributed by atoms with Crippen molar-refractivity contribution in [3.8, 4) is 11.3 Å². The van der Waals surface area contributed by atoms with E-state index in [2.05, 4.69) is 10.00 Å². The molecule has 1 aromatic heterocycles. The van der Waals surface area contributed by atoms with Crippen molar-refractivity contribution in [2.45, 2.75) is 51.6 Å². The summed E-state index contributed by atoms with van der Waals surface area (Å²) >= 11 is 0. The lowest BCUT2D eigenvalue weighted by Gasteiger charge is -2.40. The number of rotatable bonds is 5. The lowest BCUT2D eigenvalue weighted by molar-refractivity contribution is -0.148. The van der Waals surface area contributed by atoms with E-state index in [4.69, 9.17) is 4.74 Å². The highest BCUT2D eigenvalue weighted by atomic mass is 19.4. The van der Waals surface area contributed by atoms with Gasteiger partial charge in [0, 0.05) is 41.7 Å². The maximum atomic E-state index is 14.5. The van der Waals surface area contributed by atoms with E-state index in [0.29, 0.717) is 11.3 Å². The van der Waals surface area contributed by atoms with E-state index in [1.165, 1.54) is 23.7 Å². The zero-order chi connectivity index (χ0) is 27.9. The number of nitrogens with zero attached hydrogens (tertiary/aromatic N) is 3. The second-order valence-electron chi connectivity index (χ2n) is 9.71. The Labute approximate surface area is 221 Å². The van der Waals surface area contributed by atoms with Gasteiger partial charge < -0.3 is 9.64 Å². The Kier molecular flexibility index (Phi) is 7.05. The van der Waals surface area contributed by atoms with Crippen LogP contribution in [0.15, 0.2) is 60.7 Å². The fourth-order valence-electron chi connectivity index (χ4n) is 5.26. The summed E-state index contributed by atoms with van der Waals surface area (Å²) in [6.07, 6.45) is -3.27. The van der Waals surface area contributed by atoms with Gasteiger partial charge in [-0.2, -0.15) is 18.3 Å². The summed E-state index contributed by atoms with van der Waals surface area (Å²) < 4.78 is 76.2. The van der Waals surface area contributed by atoms with Crippen LogP contribution in [0.2, 0.25) is 0 Å². The molecule has 39 heavy (non-hydrogen) atoms. The fourth-order valence-corrected chi connectivity index (χ4v) is 5.26. The van der Waals surface area contributed by atoms with Gasteiger partial charge in [0.05, 0.1) is 23.8 Å². The molecule has 0 bridgehead atoms. The molecule has 0 spiro atoms. The summed E-state index contributed by atoms with van der Waals surface area (Å²) in [4.78, 5) is 13.6. The molecule has 1 saturated heterocycles. The normalized spacial score (nSPS) is 18.0. The molecule has 0 radical (unpaired) electrons. The summed E-state index contributed by atoms with van der Waals surface area (Å²) in [7, 11) is 0. The summed E-state index contributed by atoms with van der Waals surface area (Å²) in [6, 6.07) is 14.1. The lowest BCUT2D eigenvalue weighted by atomic mass is 9.98. The Bertz CT molecular complexity index is 1510. The number of ether oxygens (including phenoxy) is 1. The highest BCUT2D eigenvalue weighted by molar-refractivity contribution is 5.95. The van der Waals surface area contributed by atoms with Gasteiger partial charge in [0.2, 0.25) is 0 Å². The van der Waals surface area contributed by atoms with Gasteiger partial charge >= 0.3 is 12.1 Å². The first-order valence-corrected chi connectivity index (χ1v) is 12.6. The molecule has 5 rings (SSSR count). The van der Waals surface area contributed by atoms with E-state index < -0.39 is 23.4 Å². The molecule has 4 aromatic rings. The lowest BCUT2D eigenvalue weighted by Crippen LogP contribution is -2.48. The van der Waals surface area contributed by atoms with E-state index in [1.54, 1.807) is 18.2 Å². The zero-order valence-corrected chi connectivity index (χ0v) is 21.3. The van der Waals surface area contributed by atoms with Gasteiger partial charge in [0.15, 0.2) is 0 Å². The highest BCUT2D eigenvalue weighted by Crippen LogP contribution is 2.39. The van der Waals surface area contributed by atoms with Crippen molar-refractivity contribution in [1.82, 2.24) is 9.78 Å². The summed E-state index contributed by atoms with van der Waals surface area (Å²) in [5.41, 5.74) is 0.795. The highest BCUT2D eigenvalue weighted by Gasteiger charge is 2.35. The second-order valence-corrected chi connectivity index (χ2v) is 9.71. The van der Waals surface area contributed by atoms with Crippen LogP contribution in [0.5, 0.6) is 0 Å². The van der Waals surface area contributed by atoms with Crippen LogP contribution in [0.3, 0.4) is 0 Å². The van der Waals surface area contributed by atoms with Gasteiger partial charge in [-0.25, -0.2) is 8.78 Å². The SMILES string of the molecule is CC(=O)O[C@@H]1CCCN(c2ccc(-c3c4cccc(C(F)(F)F)c4nn3Cc3ccc(F)cc3F)cc2)C1C. The number of anilines is 1. The summed E-state index contributed by atoms with van der Waals surface area (Å²) in [5.74, 6) is -1.90. The van der Waals surface area contributed by atoms with Crippen molar-refractivity contribution < 1.29 is 31.5 Å². The number of benzene rings is 3. The van der Waals surface area contributed by atoms with E-state index in [-0.39, 0.29) is 41.1 Å². The molecule has 204 valence electrons. The Morgan fingerprint density at radius 1 is 1.08 bits per heavy atom. The Hall–Kier alpha value is -3.95. The Morgan fingerprint density at radius 3 is 2.49 bits per heavy atom. The standard InChI is InChI=1S/C29H26F5N3O2/c1-17-26(39-18(2)38)7-4-14-36(17)22-12-9-19(10-13-22)28-23-5-3-6-24(29(32,33)34)27(23)35-37(28)16-20-8-11-21(30)15-25(20)31/h3,5-6,8-13,15,17,26H,4,7,14,16H2,1-2H3/t17?,26-/m1/s1. The maximum absolute atomic E-state index is 14.5. The molecule has 1 aliphatic rings. The Morgan fingerprint density at radius 2 is 1.82 bits per heavy atom. The number of alkyl halides is 3. The van der Waals surface area contributed by atoms with Crippen LogP contribution in [-0.2, 0) is 22.3 Å². The van der Waals surface area contributed by atoms with Crippen LogP contribution < -0.4 is 4.90 Å². The maximum Gasteiger partial charge on any atom is 0.418 e. The van der Waals surface area contributed by atoms with Gasteiger partial charge in [0.25, 0.3) is 0 Å². The van der Waals surface area contributed by atoms with E-state index in [9.17, 15) is 26.7 Å². The van der Waals surface area contributed by atoms with Gasteiger partial charge in [-0.3, -0.25) is 9.48 Å². The molecule has 5 nitrogen and oxygen atoms in total. The van der Waals surface area contributed by atoms with Gasteiger partial charge in [0.1, 0.15) is 23.3 Å². The average Bonchev–Trinajstić information content (AvgIpc) is 3.24. The first-order chi connectivity index (χ1) is 18.5. The first-order valence-electron chi connectivity index (χ1n) is 12.6. The minimum atomic E-state index is -4.64. The van der Waals surface area contributed by atoms with Crippen LogP contribution in [0.1, 0.15) is 37.8 Å². The molecule has 10 heteroatoms. The smallest absolute Gasteiger partial charge is 0.418 e. The third-order valence-electron chi connectivity index (χ3n) is 7.12. The largest absolute Gasteiger partial charge is 0.460 e. The van der Waals surface area contributed by atoms with Crippen molar-refractivity contribution in [3.05, 3.63) is 83.4 Å². The number of aromatic nitrogens is 2. The molecule has 2 heterocycles. The molecule has 1 unspecified atom stereocenters. The molecule has 2 atom stereocenters. The minimum absolute atomic E-state index is 0.0596. The van der Waals surface area contributed by atoms with Gasteiger partial charge in [-0.1, -0.05) is 30.3 Å². The van der Waals surface area contributed by atoms with Gasteiger partial charge in [-0.05, 0) is 44.0 Å². The molecular formula is C29H26F5N3O2. The molecule has 1 fully saturated rings. The van der Waals surface area contributed by atoms with Crippen molar-refractivity contribution in [3.63, 3.8) is 0 Å². The van der Waals surface area contributed by atoms with Crippen molar-refractivity contribution in [2.24, 2.45) is 0 Å². The van der Waals surface area contributed by atoms with E-state index >= 15 is 0 Å². The average molecular weight is 544 g/mol. The van der Waals surface area contributed by atoms with Crippen LogP contribution in [0.4, 0.5) is 27.6 Å². The molecule has 1 aliphatic heterocycles. The molecule has 0 aliphatic carbocycles.